The van der Waals surface area contributed by atoms with Gasteiger partial charge in [-0.15, -0.1) is 0 Å². The maximum absolute atomic E-state index is 12.1. The van der Waals surface area contributed by atoms with Crippen LogP contribution in [0.3, 0.4) is 0 Å². The predicted molar refractivity (Wildman–Crippen MR) is 80.6 cm³/mol. The van der Waals surface area contributed by atoms with Crippen molar-refractivity contribution >= 4 is 23.2 Å². The number of halogens is 1. The fourth-order valence-electron chi connectivity index (χ4n) is 1.56. The Kier molecular flexibility index (Phi) is 5.25. The summed E-state index contributed by atoms with van der Waals surface area (Å²) in [5, 5.41) is 3.11. The molecule has 0 aliphatic carbocycles. The van der Waals surface area contributed by atoms with Gasteiger partial charge >= 0.3 is 0 Å². The molecule has 0 aliphatic heterocycles. The molecule has 0 bridgehead atoms. The van der Waals surface area contributed by atoms with E-state index in [0.29, 0.717) is 22.2 Å². The molecular weight excluding hydrogens is 280 g/mol. The summed E-state index contributed by atoms with van der Waals surface area (Å²) in [6, 6.07) is 2.54. The Labute approximate surface area is 124 Å². The third kappa shape index (κ3) is 3.77. The van der Waals surface area contributed by atoms with Gasteiger partial charge in [-0.1, -0.05) is 32.4 Å². The molecule has 0 aromatic heterocycles. The Morgan fingerprint density at radius 1 is 1.25 bits per heavy atom. The second-order valence-electron chi connectivity index (χ2n) is 5.52. The number of nitrogens with two attached hydrogens (primary N) is 1. The van der Waals surface area contributed by atoms with Crippen LogP contribution in [0.5, 0.6) is 11.5 Å². The number of carbonyl (C=O) groups is 1. The maximum Gasteiger partial charge on any atom is 0.241 e. The predicted octanol–water partition coefficient (Wildman–Crippen LogP) is 2.67. The number of carbonyl (C=O) groups excluding carboxylic acids is 1. The van der Waals surface area contributed by atoms with E-state index < -0.39 is 6.04 Å². The summed E-state index contributed by atoms with van der Waals surface area (Å²) in [6.07, 6.45) is 0. The molecule has 0 heterocycles. The first-order valence-electron chi connectivity index (χ1n) is 6.18. The Bertz CT molecular complexity index is 498. The van der Waals surface area contributed by atoms with E-state index in [1.165, 1.54) is 14.2 Å². The molecule has 112 valence electrons. The van der Waals surface area contributed by atoms with E-state index >= 15 is 0 Å². The number of hydrogen-bond donors (Lipinski definition) is 2. The van der Waals surface area contributed by atoms with Crippen molar-refractivity contribution in [3.05, 3.63) is 17.2 Å². The van der Waals surface area contributed by atoms with Crippen LogP contribution in [0, 0.1) is 5.41 Å². The van der Waals surface area contributed by atoms with Crippen LogP contribution in [-0.2, 0) is 4.79 Å². The first kappa shape index (κ1) is 16.6. The molecule has 1 aromatic carbocycles. The molecule has 0 saturated carbocycles. The highest BCUT2D eigenvalue weighted by Crippen LogP contribution is 2.36. The largest absolute Gasteiger partial charge is 0.495 e. The number of hydrogen-bond acceptors (Lipinski definition) is 4. The van der Waals surface area contributed by atoms with E-state index in [-0.39, 0.29) is 11.3 Å². The number of nitrogens with one attached hydrogen (secondary N) is 1. The van der Waals surface area contributed by atoms with E-state index in [0.717, 1.165) is 0 Å². The van der Waals surface area contributed by atoms with Crippen LogP contribution in [0.25, 0.3) is 0 Å². The molecule has 0 unspecified atom stereocenters. The standard InChI is InChI=1S/C14H21ClN2O3/c1-14(2,3)12(16)13(18)17-9-6-8(15)10(19-4)7-11(9)20-5/h6-7,12H,16H2,1-5H3,(H,17,18)/t12-/m0/s1. The minimum atomic E-state index is -0.645. The average molecular weight is 301 g/mol. The Balaban J connectivity index is 3.03. The van der Waals surface area contributed by atoms with Crippen molar-refractivity contribution in [1.82, 2.24) is 0 Å². The Morgan fingerprint density at radius 3 is 2.25 bits per heavy atom. The summed E-state index contributed by atoms with van der Waals surface area (Å²) in [5.74, 6) is 0.638. The Morgan fingerprint density at radius 2 is 1.80 bits per heavy atom. The van der Waals surface area contributed by atoms with Crippen molar-refractivity contribution in [3.8, 4) is 11.5 Å². The second-order valence-corrected chi connectivity index (χ2v) is 5.93. The van der Waals surface area contributed by atoms with Crippen LogP contribution in [0.2, 0.25) is 5.02 Å². The smallest absolute Gasteiger partial charge is 0.241 e. The quantitative estimate of drug-likeness (QED) is 0.896. The number of rotatable bonds is 4. The van der Waals surface area contributed by atoms with E-state index in [2.05, 4.69) is 5.32 Å². The highest BCUT2D eigenvalue weighted by atomic mass is 35.5. The number of amides is 1. The van der Waals surface area contributed by atoms with Gasteiger partial charge in [-0.2, -0.15) is 0 Å². The zero-order chi connectivity index (χ0) is 15.5. The van der Waals surface area contributed by atoms with Crippen LogP contribution >= 0.6 is 11.6 Å². The van der Waals surface area contributed by atoms with Gasteiger partial charge in [0, 0.05) is 6.07 Å². The van der Waals surface area contributed by atoms with Crippen LogP contribution in [-0.4, -0.2) is 26.2 Å². The lowest BCUT2D eigenvalue weighted by Crippen LogP contribution is -2.45. The Hall–Kier alpha value is -1.46. The zero-order valence-corrected chi connectivity index (χ0v) is 13.2. The fourth-order valence-corrected chi connectivity index (χ4v) is 1.80. The minimum absolute atomic E-state index is 0.294. The van der Waals surface area contributed by atoms with Gasteiger partial charge in [0.05, 0.1) is 31.0 Å². The van der Waals surface area contributed by atoms with Crippen LogP contribution in [0.15, 0.2) is 12.1 Å². The lowest BCUT2D eigenvalue weighted by atomic mass is 9.87. The van der Waals surface area contributed by atoms with Gasteiger partial charge in [0.15, 0.2) is 0 Å². The molecule has 1 amide bonds. The van der Waals surface area contributed by atoms with Gasteiger partial charge in [0.25, 0.3) is 0 Å². The molecule has 6 heteroatoms. The summed E-state index contributed by atoms with van der Waals surface area (Å²) in [5.41, 5.74) is 6.04. The molecule has 0 aliphatic rings. The van der Waals surface area contributed by atoms with Crippen molar-refractivity contribution < 1.29 is 14.3 Å². The highest BCUT2D eigenvalue weighted by molar-refractivity contribution is 6.32. The normalized spacial score (nSPS) is 12.8. The second kappa shape index (κ2) is 6.33. The van der Waals surface area contributed by atoms with Crippen molar-refractivity contribution in [3.63, 3.8) is 0 Å². The van der Waals surface area contributed by atoms with Crippen LogP contribution < -0.4 is 20.5 Å². The molecule has 1 rings (SSSR count). The lowest BCUT2D eigenvalue weighted by Gasteiger charge is -2.26. The number of anilines is 1. The third-order valence-corrected chi connectivity index (χ3v) is 3.24. The van der Waals surface area contributed by atoms with E-state index in [9.17, 15) is 4.79 Å². The molecule has 0 radical (unpaired) electrons. The molecule has 0 fully saturated rings. The molecule has 1 aromatic rings. The van der Waals surface area contributed by atoms with Crippen molar-refractivity contribution in [2.24, 2.45) is 11.1 Å². The monoisotopic (exact) mass is 300 g/mol. The van der Waals surface area contributed by atoms with Gasteiger partial charge in [-0.05, 0) is 11.5 Å². The highest BCUT2D eigenvalue weighted by Gasteiger charge is 2.28. The van der Waals surface area contributed by atoms with Gasteiger partial charge in [-0.3, -0.25) is 4.79 Å². The lowest BCUT2D eigenvalue weighted by molar-refractivity contribution is -0.119. The van der Waals surface area contributed by atoms with Crippen LogP contribution in [0.4, 0.5) is 5.69 Å². The molecule has 1 atom stereocenters. The van der Waals surface area contributed by atoms with Crippen molar-refractivity contribution in [2.45, 2.75) is 26.8 Å². The zero-order valence-electron chi connectivity index (χ0n) is 12.4. The van der Waals surface area contributed by atoms with Gasteiger partial charge in [-0.25, -0.2) is 0 Å². The molecule has 3 N–H and O–H groups in total. The first-order valence-corrected chi connectivity index (χ1v) is 6.56. The SMILES string of the molecule is COc1cc(OC)c(NC(=O)[C@H](N)C(C)(C)C)cc1Cl. The van der Waals surface area contributed by atoms with Crippen LogP contribution in [0.1, 0.15) is 20.8 Å². The van der Waals surface area contributed by atoms with E-state index in [4.69, 9.17) is 26.8 Å². The van der Waals surface area contributed by atoms with E-state index in [1.54, 1.807) is 12.1 Å². The molecule has 0 spiro atoms. The fraction of sp³-hybridized carbons (Fsp3) is 0.500. The summed E-state index contributed by atoms with van der Waals surface area (Å²) in [6.45, 7) is 5.69. The summed E-state index contributed by atoms with van der Waals surface area (Å²) in [7, 11) is 3.01. The third-order valence-electron chi connectivity index (χ3n) is 2.95. The summed E-state index contributed by atoms with van der Waals surface area (Å²) >= 11 is 6.05. The average Bonchev–Trinajstić information content (AvgIpc) is 2.37. The van der Waals surface area contributed by atoms with Crippen molar-refractivity contribution in [1.29, 1.82) is 0 Å². The summed E-state index contributed by atoms with van der Waals surface area (Å²) < 4.78 is 10.3. The number of benzene rings is 1. The van der Waals surface area contributed by atoms with E-state index in [1.807, 2.05) is 20.8 Å². The maximum atomic E-state index is 12.1. The number of methoxy groups -OCH3 is 2. The molecule has 5 nitrogen and oxygen atoms in total. The van der Waals surface area contributed by atoms with Gasteiger partial charge in [0.2, 0.25) is 5.91 Å². The minimum Gasteiger partial charge on any atom is -0.495 e. The first-order chi connectivity index (χ1) is 9.20. The van der Waals surface area contributed by atoms with Gasteiger partial charge < -0.3 is 20.5 Å². The molecular formula is C14H21ClN2O3. The van der Waals surface area contributed by atoms with Gasteiger partial charge in [0.1, 0.15) is 11.5 Å². The van der Waals surface area contributed by atoms with Crippen molar-refractivity contribution in [2.75, 3.05) is 19.5 Å². The topological polar surface area (TPSA) is 73.6 Å². The number of ether oxygens (including phenoxy) is 2. The molecule has 0 saturated heterocycles. The summed E-state index contributed by atoms with van der Waals surface area (Å²) in [4.78, 5) is 12.1. The molecule has 20 heavy (non-hydrogen) atoms.